The van der Waals surface area contributed by atoms with Gasteiger partial charge in [-0.3, -0.25) is 0 Å². The number of anilines is 1. The molecule has 2 heterocycles. The highest BCUT2D eigenvalue weighted by atomic mass is 35.5. The number of hydrogen-bond acceptors (Lipinski definition) is 4. The van der Waals surface area contributed by atoms with Crippen molar-refractivity contribution in [3.8, 4) is 22.8 Å². The molecule has 2 aromatic rings. The van der Waals surface area contributed by atoms with E-state index in [1.165, 1.54) is 0 Å². The molecule has 1 aliphatic heterocycles. The van der Waals surface area contributed by atoms with Crippen molar-refractivity contribution in [2.45, 2.75) is 19.9 Å². The molecule has 5 nitrogen and oxygen atoms in total. The molecule has 0 fully saturated rings. The summed E-state index contributed by atoms with van der Waals surface area (Å²) in [7, 11) is 0. The lowest BCUT2D eigenvalue weighted by Crippen LogP contribution is -2.15. The fraction of sp³-hybridized carbons (Fsp3) is 0.357. The molecule has 0 bridgehead atoms. The molecule has 0 unspecified atom stereocenters. The maximum Gasteiger partial charge on any atom is 0.179 e. The van der Waals surface area contributed by atoms with Crippen molar-refractivity contribution < 1.29 is 9.47 Å². The number of aromatic nitrogens is 2. The van der Waals surface area contributed by atoms with Gasteiger partial charge >= 0.3 is 0 Å². The molecule has 0 spiro atoms. The number of hydrogen-bond donors (Lipinski definition) is 1. The average molecular weight is 294 g/mol. The first-order chi connectivity index (χ1) is 9.58. The summed E-state index contributed by atoms with van der Waals surface area (Å²) in [6.07, 6.45) is 1.74. The minimum atomic E-state index is 0.254. The van der Waals surface area contributed by atoms with Gasteiger partial charge in [0.05, 0.1) is 11.3 Å². The molecule has 106 valence electrons. The van der Waals surface area contributed by atoms with Crippen molar-refractivity contribution in [2.24, 2.45) is 0 Å². The van der Waals surface area contributed by atoms with Gasteiger partial charge in [0, 0.05) is 11.6 Å². The fourth-order valence-electron chi connectivity index (χ4n) is 2.25. The maximum absolute atomic E-state index is 6.24. The molecule has 1 aliphatic rings. The van der Waals surface area contributed by atoms with Crippen LogP contribution < -0.4 is 15.2 Å². The van der Waals surface area contributed by atoms with Crippen LogP contribution in [-0.2, 0) is 0 Å². The van der Waals surface area contributed by atoms with Gasteiger partial charge in [-0.05, 0) is 26.0 Å². The van der Waals surface area contributed by atoms with Gasteiger partial charge in [0.2, 0.25) is 0 Å². The van der Waals surface area contributed by atoms with Crippen LogP contribution in [0.4, 0.5) is 5.82 Å². The third-order valence-electron chi connectivity index (χ3n) is 3.26. The zero-order chi connectivity index (χ0) is 14.3. The Morgan fingerprint density at radius 2 is 2.05 bits per heavy atom. The van der Waals surface area contributed by atoms with E-state index < -0.39 is 0 Å². The lowest BCUT2D eigenvalue weighted by Gasteiger charge is -2.20. The summed E-state index contributed by atoms with van der Waals surface area (Å²) >= 11 is 6.24. The van der Waals surface area contributed by atoms with E-state index in [9.17, 15) is 0 Å². The number of halogens is 1. The Morgan fingerprint density at radius 3 is 2.75 bits per heavy atom. The predicted molar refractivity (Wildman–Crippen MR) is 78.5 cm³/mol. The maximum atomic E-state index is 6.24. The smallest absolute Gasteiger partial charge is 0.179 e. The molecule has 0 amide bonds. The van der Waals surface area contributed by atoms with Gasteiger partial charge in [0.1, 0.15) is 24.7 Å². The molecule has 3 rings (SSSR count). The van der Waals surface area contributed by atoms with Gasteiger partial charge in [-0.25, -0.2) is 4.98 Å². The number of fused-ring (bicyclic) bond motifs is 1. The van der Waals surface area contributed by atoms with E-state index in [-0.39, 0.29) is 6.04 Å². The van der Waals surface area contributed by atoms with E-state index in [1.54, 1.807) is 12.4 Å². The van der Waals surface area contributed by atoms with Crippen LogP contribution in [0.2, 0.25) is 5.02 Å². The Balaban J connectivity index is 2.09. The Hall–Kier alpha value is -1.88. The average Bonchev–Trinajstić information content (AvgIpc) is 2.80. The molecule has 0 aliphatic carbocycles. The van der Waals surface area contributed by atoms with Crippen molar-refractivity contribution in [1.82, 2.24) is 9.55 Å². The second-order valence-corrected chi connectivity index (χ2v) is 5.37. The number of ether oxygens (including phenoxy) is 2. The van der Waals surface area contributed by atoms with Gasteiger partial charge in [0.25, 0.3) is 0 Å². The molecule has 1 aromatic heterocycles. The number of imidazole rings is 1. The minimum Gasteiger partial charge on any atom is -0.486 e. The topological polar surface area (TPSA) is 62.3 Å². The van der Waals surface area contributed by atoms with E-state index in [2.05, 4.69) is 18.8 Å². The van der Waals surface area contributed by atoms with Crippen LogP contribution in [0.15, 0.2) is 18.5 Å². The number of benzene rings is 1. The Labute approximate surface area is 122 Å². The van der Waals surface area contributed by atoms with E-state index in [4.69, 9.17) is 26.8 Å². The number of nitrogens with zero attached hydrogens (tertiary/aromatic N) is 2. The van der Waals surface area contributed by atoms with E-state index >= 15 is 0 Å². The summed E-state index contributed by atoms with van der Waals surface area (Å²) in [5, 5.41) is 0.510. The second-order valence-electron chi connectivity index (χ2n) is 4.96. The Kier molecular flexibility index (Phi) is 3.22. The van der Waals surface area contributed by atoms with Crippen LogP contribution in [0.3, 0.4) is 0 Å². The van der Waals surface area contributed by atoms with Gasteiger partial charge in [0.15, 0.2) is 11.5 Å². The molecule has 20 heavy (non-hydrogen) atoms. The summed E-state index contributed by atoms with van der Waals surface area (Å²) < 4.78 is 13.0. The SMILES string of the molecule is CC(C)n1cnc(-c2cc(Cl)c3c(c2)OCCO3)c1N. The van der Waals surface area contributed by atoms with Crippen LogP contribution in [0.5, 0.6) is 11.5 Å². The van der Waals surface area contributed by atoms with Gasteiger partial charge in [-0.2, -0.15) is 0 Å². The lowest BCUT2D eigenvalue weighted by molar-refractivity contribution is 0.172. The zero-order valence-electron chi connectivity index (χ0n) is 11.4. The van der Waals surface area contributed by atoms with Crippen LogP contribution in [0, 0.1) is 0 Å². The lowest BCUT2D eigenvalue weighted by atomic mass is 10.1. The molecule has 0 radical (unpaired) electrons. The number of nitrogen functional groups attached to an aromatic ring is 1. The van der Waals surface area contributed by atoms with Crippen molar-refractivity contribution in [2.75, 3.05) is 18.9 Å². The fourth-order valence-corrected chi connectivity index (χ4v) is 2.52. The van der Waals surface area contributed by atoms with Crippen LogP contribution >= 0.6 is 11.6 Å². The monoisotopic (exact) mass is 293 g/mol. The van der Waals surface area contributed by atoms with Crippen molar-refractivity contribution in [3.05, 3.63) is 23.5 Å². The molecule has 0 atom stereocenters. The number of rotatable bonds is 2. The standard InChI is InChI=1S/C14H16ClN3O2/c1-8(2)18-7-17-12(14(18)16)9-5-10(15)13-11(6-9)19-3-4-20-13/h5-8H,3-4,16H2,1-2H3. The van der Waals surface area contributed by atoms with Gasteiger partial charge in [-0.15, -0.1) is 0 Å². The third kappa shape index (κ3) is 2.08. The van der Waals surface area contributed by atoms with Crippen LogP contribution in [0.25, 0.3) is 11.3 Å². The summed E-state index contributed by atoms with van der Waals surface area (Å²) in [6, 6.07) is 3.92. The molecular formula is C14H16ClN3O2. The summed E-state index contributed by atoms with van der Waals surface area (Å²) in [5.41, 5.74) is 7.68. The quantitative estimate of drug-likeness (QED) is 0.924. The summed E-state index contributed by atoms with van der Waals surface area (Å²) in [6.45, 7) is 5.14. The molecule has 2 N–H and O–H groups in total. The largest absolute Gasteiger partial charge is 0.486 e. The van der Waals surface area contributed by atoms with E-state index in [0.29, 0.717) is 41.2 Å². The van der Waals surface area contributed by atoms with E-state index in [0.717, 1.165) is 5.56 Å². The Bertz CT molecular complexity index is 652. The summed E-state index contributed by atoms with van der Waals surface area (Å²) in [5.74, 6) is 1.84. The number of nitrogens with two attached hydrogens (primary N) is 1. The third-order valence-corrected chi connectivity index (χ3v) is 3.54. The van der Waals surface area contributed by atoms with Crippen LogP contribution in [-0.4, -0.2) is 22.8 Å². The van der Waals surface area contributed by atoms with Gasteiger partial charge < -0.3 is 19.8 Å². The molecule has 0 saturated heterocycles. The molecular weight excluding hydrogens is 278 g/mol. The molecule has 1 aromatic carbocycles. The highest BCUT2D eigenvalue weighted by Gasteiger charge is 2.20. The van der Waals surface area contributed by atoms with Gasteiger partial charge in [-0.1, -0.05) is 11.6 Å². The molecule has 6 heteroatoms. The van der Waals surface area contributed by atoms with Crippen molar-refractivity contribution in [1.29, 1.82) is 0 Å². The predicted octanol–water partition coefficient (Wildman–Crippen LogP) is 3.14. The Morgan fingerprint density at radius 1 is 1.30 bits per heavy atom. The highest BCUT2D eigenvalue weighted by Crippen LogP contribution is 2.41. The highest BCUT2D eigenvalue weighted by molar-refractivity contribution is 6.32. The van der Waals surface area contributed by atoms with Crippen molar-refractivity contribution >= 4 is 17.4 Å². The minimum absolute atomic E-state index is 0.254. The molecule has 0 saturated carbocycles. The first-order valence-electron chi connectivity index (χ1n) is 6.49. The summed E-state index contributed by atoms with van der Waals surface area (Å²) in [4.78, 5) is 4.38. The van der Waals surface area contributed by atoms with E-state index in [1.807, 2.05) is 10.6 Å². The zero-order valence-corrected chi connectivity index (χ0v) is 12.1. The second kappa shape index (κ2) is 4.90. The first-order valence-corrected chi connectivity index (χ1v) is 6.87. The first kappa shape index (κ1) is 13.1. The normalized spacial score (nSPS) is 13.8. The van der Waals surface area contributed by atoms with Crippen LogP contribution in [0.1, 0.15) is 19.9 Å². The van der Waals surface area contributed by atoms with Crippen molar-refractivity contribution in [3.63, 3.8) is 0 Å².